The Labute approximate surface area is 112 Å². The van der Waals surface area contributed by atoms with Crippen LogP contribution in [-0.2, 0) is 23.1 Å². The number of carboxylic acids is 1. The van der Waals surface area contributed by atoms with Crippen molar-refractivity contribution in [2.45, 2.75) is 33.1 Å². The number of hydrogen-bond donors (Lipinski definition) is 2. The van der Waals surface area contributed by atoms with Gasteiger partial charge in [-0.05, 0) is 11.5 Å². The lowest BCUT2D eigenvalue weighted by molar-refractivity contribution is -0.139. The zero-order valence-corrected chi connectivity index (χ0v) is 11.6. The van der Waals surface area contributed by atoms with E-state index in [1.54, 1.807) is 24.7 Å². The van der Waals surface area contributed by atoms with E-state index in [4.69, 9.17) is 5.11 Å². The highest BCUT2D eigenvalue weighted by atomic mass is 16.4. The summed E-state index contributed by atoms with van der Waals surface area (Å²) in [6, 6.07) is 1.90. The highest BCUT2D eigenvalue weighted by molar-refractivity contribution is 5.77. The van der Waals surface area contributed by atoms with Gasteiger partial charge >= 0.3 is 5.97 Å². The molecule has 0 atom stereocenters. The minimum absolute atomic E-state index is 0.0118. The molecule has 1 heterocycles. The highest BCUT2D eigenvalue weighted by Gasteiger charge is 2.24. The van der Waals surface area contributed by atoms with Crippen molar-refractivity contribution in [1.82, 2.24) is 15.1 Å². The number of aromatic nitrogens is 2. The first-order chi connectivity index (χ1) is 8.80. The van der Waals surface area contributed by atoms with E-state index in [-0.39, 0.29) is 18.7 Å². The number of rotatable bonds is 7. The first-order valence-corrected chi connectivity index (χ1v) is 6.25. The quantitative estimate of drug-likeness (QED) is 0.771. The lowest BCUT2D eigenvalue weighted by Crippen LogP contribution is -2.31. The van der Waals surface area contributed by atoms with Gasteiger partial charge in [0.15, 0.2) is 0 Å². The van der Waals surface area contributed by atoms with Crippen molar-refractivity contribution in [3.05, 3.63) is 18.0 Å². The van der Waals surface area contributed by atoms with Gasteiger partial charge in [0.1, 0.15) is 0 Å². The van der Waals surface area contributed by atoms with Crippen molar-refractivity contribution < 1.29 is 14.7 Å². The minimum atomic E-state index is -0.882. The summed E-state index contributed by atoms with van der Waals surface area (Å²) in [5, 5.41) is 15.6. The number of carboxylic acid groups (broad SMARTS) is 1. The Morgan fingerprint density at radius 1 is 1.42 bits per heavy atom. The van der Waals surface area contributed by atoms with E-state index in [0.717, 1.165) is 5.69 Å². The van der Waals surface area contributed by atoms with Crippen molar-refractivity contribution in [3.8, 4) is 0 Å². The van der Waals surface area contributed by atoms with Crippen LogP contribution in [0.5, 0.6) is 0 Å². The van der Waals surface area contributed by atoms with Gasteiger partial charge in [-0.15, -0.1) is 0 Å². The maximum absolute atomic E-state index is 11.7. The van der Waals surface area contributed by atoms with Crippen LogP contribution in [0, 0.1) is 5.41 Å². The van der Waals surface area contributed by atoms with Crippen LogP contribution in [0.15, 0.2) is 12.3 Å². The average molecular weight is 267 g/mol. The topological polar surface area (TPSA) is 84.2 Å². The van der Waals surface area contributed by atoms with Gasteiger partial charge in [-0.3, -0.25) is 14.3 Å². The Morgan fingerprint density at radius 2 is 2.11 bits per heavy atom. The maximum Gasteiger partial charge on any atom is 0.303 e. The number of nitrogens with one attached hydrogen (secondary N) is 1. The molecule has 0 bridgehead atoms. The standard InChI is InChI=1S/C13H21N3O3/c1-13(2,9-12(18)19)8-11(17)14-6-4-10-5-7-15-16(10)3/h5,7H,4,6,8-9H2,1-3H3,(H,14,17)(H,18,19). The second kappa shape index (κ2) is 6.36. The molecular weight excluding hydrogens is 246 g/mol. The van der Waals surface area contributed by atoms with Crippen molar-refractivity contribution in [2.75, 3.05) is 6.54 Å². The third-order valence-corrected chi connectivity index (χ3v) is 2.89. The predicted molar refractivity (Wildman–Crippen MR) is 70.6 cm³/mol. The molecule has 0 radical (unpaired) electrons. The molecule has 0 aliphatic heterocycles. The van der Waals surface area contributed by atoms with Gasteiger partial charge in [0.05, 0.1) is 6.42 Å². The van der Waals surface area contributed by atoms with Crippen molar-refractivity contribution in [1.29, 1.82) is 0 Å². The number of aliphatic carboxylic acids is 1. The van der Waals surface area contributed by atoms with Crippen LogP contribution in [-0.4, -0.2) is 33.3 Å². The number of carbonyl (C=O) groups is 2. The number of aryl methyl sites for hydroxylation is 1. The SMILES string of the molecule is Cn1nccc1CCNC(=O)CC(C)(C)CC(=O)O. The number of carbonyl (C=O) groups excluding carboxylic acids is 1. The maximum atomic E-state index is 11.7. The van der Waals surface area contributed by atoms with E-state index >= 15 is 0 Å². The molecule has 0 spiro atoms. The van der Waals surface area contributed by atoms with Crippen LogP contribution in [0.2, 0.25) is 0 Å². The van der Waals surface area contributed by atoms with Crippen LogP contribution in [0.25, 0.3) is 0 Å². The first kappa shape index (κ1) is 15.2. The smallest absolute Gasteiger partial charge is 0.303 e. The number of nitrogens with zero attached hydrogens (tertiary/aromatic N) is 2. The van der Waals surface area contributed by atoms with Crippen LogP contribution >= 0.6 is 0 Å². The van der Waals surface area contributed by atoms with Gasteiger partial charge < -0.3 is 10.4 Å². The van der Waals surface area contributed by atoms with Crippen LogP contribution in [0.1, 0.15) is 32.4 Å². The van der Waals surface area contributed by atoms with Gasteiger partial charge in [-0.25, -0.2) is 0 Å². The first-order valence-electron chi connectivity index (χ1n) is 6.25. The molecule has 0 aromatic carbocycles. The van der Waals surface area contributed by atoms with E-state index in [2.05, 4.69) is 10.4 Å². The summed E-state index contributed by atoms with van der Waals surface area (Å²) >= 11 is 0. The molecule has 1 amide bonds. The van der Waals surface area contributed by atoms with Crippen molar-refractivity contribution in [2.24, 2.45) is 12.5 Å². The Bertz CT molecular complexity index is 452. The highest BCUT2D eigenvalue weighted by Crippen LogP contribution is 2.24. The summed E-state index contributed by atoms with van der Waals surface area (Å²) in [4.78, 5) is 22.4. The Kier molecular flexibility index (Phi) is 5.09. The summed E-state index contributed by atoms with van der Waals surface area (Å²) in [6.07, 6.45) is 2.63. The lowest BCUT2D eigenvalue weighted by Gasteiger charge is -2.21. The zero-order chi connectivity index (χ0) is 14.5. The molecule has 1 rings (SSSR count). The van der Waals surface area contributed by atoms with Gasteiger partial charge in [0.25, 0.3) is 0 Å². The second-order valence-corrected chi connectivity index (χ2v) is 5.46. The van der Waals surface area contributed by atoms with Gasteiger partial charge in [0.2, 0.25) is 5.91 Å². The van der Waals surface area contributed by atoms with Crippen molar-refractivity contribution in [3.63, 3.8) is 0 Å². The Balaban J connectivity index is 2.32. The lowest BCUT2D eigenvalue weighted by atomic mass is 9.85. The van der Waals surface area contributed by atoms with Gasteiger partial charge in [-0.2, -0.15) is 5.10 Å². The summed E-state index contributed by atoms with van der Waals surface area (Å²) in [5.41, 5.74) is 0.521. The monoisotopic (exact) mass is 267 g/mol. The molecule has 2 N–H and O–H groups in total. The van der Waals surface area contributed by atoms with Crippen LogP contribution in [0.4, 0.5) is 0 Å². The summed E-state index contributed by atoms with van der Waals surface area (Å²) in [6.45, 7) is 4.09. The van der Waals surface area contributed by atoms with Crippen LogP contribution in [0.3, 0.4) is 0 Å². The summed E-state index contributed by atoms with van der Waals surface area (Å²) in [7, 11) is 1.85. The fraction of sp³-hybridized carbons (Fsp3) is 0.615. The van der Waals surface area contributed by atoms with Gasteiger partial charge in [0, 0.05) is 38.3 Å². The van der Waals surface area contributed by atoms with E-state index in [9.17, 15) is 9.59 Å². The van der Waals surface area contributed by atoms with E-state index < -0.39 is 11.4 Å². The van der Waals surface area contributed by atoms with E-state index in [1.807, 2.05) is 13.1 Å². The Hall–Kier alpha value is -1.85. The minimum Gasteiger partial charge on any atom is -0.481 e. The molecule has 6 heteroatoms. The van der Waals surface area contributed by atoms with E-state index in [1.165, 1.54) is 0 Å². The average Bonchev–Trinajstić information content (AvgIpc) is 2.61. The predicted octanol–water partition coefficient (Wildman–Crippen LogP) is 0.970. The molecule has 0 aliphatic carbocycles. The van der Waals surface area contributed by atoms with Crippen molar-refractivity contribution >= 4 is 11.9 Å². The number of hydrogen-bond acceptors (Lipinski definition) is 3. The fourth-order valence-corrected chi connectivity index (χ4v) is 1.95. The molecular formula is C13H21N3O3. The van der Waals surface area contributed by atoms with Crippen LogP contribution < -0.4 is 5.32 Å². The Morgan fingerprint density at radius 3 is 2.63 bits per heavy atom. The summed E-state index contributed by atoms with van der Waals surface area (Å²) in [5.74, 6) is -0.999. The third-order valence-electron chi connectivity index (χ3n) is 2.89. The number of amides is 1. The molecule has 0 aliphatic rings. The molecule has 6 nitrogen and oxygen atoms in total. The van der Waals surface area contributed by atoms with E-state index in [0.29, 0.717) is 13.0 Å². The molecule has 0 unspecified atom stereocenters. The molecule has 0 saturated carbocycles. The largest absolute Gasteiger partial charge is 0.481 e. The molecule has 106 valence electrons. The van der Waals surface area contributed by atoms with Gasteiger partial charge in [-0.1, -0.05) is 13.8 Å². The zero-order valence-electron chi connectivity index (χ0n) is 11.6. The fourth-order valence-electron chi connectivity index (χ4n) is 1.95. The second-order valence-electron chi connectivity index (χ2n) is 5.46. The normalized spacial score (nSPS) is 11.3. The molecule has 1 aromatic heterocycles. The molecule has 1 aromatic rings. The molecule has 0 saturated heterocycles. The summed E-state index contributed by atoms with van der Waals surface area (Å²) < 4.78 is 1.76. The third kappa shape index (κ3) is 5.54. The molecule has 0 fully saturated rings. The molecule has 19 heavy (non-hydrogen) atoms.